The van der Waals surface area contributed by atoms with Gasteiger partial charge < -0.3 is 4.90 Å². The second-order valence-electron chi connectivity index (χ2n) is 4.37. The van der Waals surface area contributed by atoms with Crippen molar-refractivity contribution in [3.05, 3.63) is 48.3 Å². The topological polar surface area (TPSA) is 29.0 Å². The number of rotatable bonds is 3. The second-order valence-corrected chi connectivity index (χ2v) is 4.37. The van der Waals surface area contributed by atoms with Gasteiger partial charge in [-0.2, -0.15) is 0 Å². The molecule has 3 heteroatoms. The van der Waals surface area contributed by atoms with E-state index in [1.165, 1.54) is 0 Å². The Bertz CT molecular complexity index is 463. The fourth-order valence-corrected chi connectivity index (χ4v) is 1.57. The van der Waals surface area contributed by atoms with Crippen molar-refractivity contribution in [2.75, 3.05) is 11.9 Å². The molecular formula is C14H17N3. The van der Waals surface area contributed by atoms with Crippen LogP contribution in [0.1, 0.15) is 25.3 Å². The van der Waals surface area contributed by atoms with E-state index >= 15 is 0 Å². The van der Waals surface area contributed by atoms with Crippen LogP contribution < -0.4 is 4.90 Å². The first-order chi connectivity index (χ1) is 8.18. The van der Waals surface area contributed by atoms with Crippen LogP contribution in [0.15, 0.2) is 42.7 Å². The highest BCUT2D eigenvalue weighted by Crippen LogP contribution is 2.20. The van der Waals surface area contributed by atoms with Crippen molar-refractivity contribution < 1.29 is 0 Å². The zero-order valence-corrected chi connectivity index (χ0v) is 10.5. The minimum atomic E-state index is 0.464. The number of hydrogen-bond acceptors (Lipinski definition) is 3. The third kappa shape index (κ3) is 2.61. The van der Waals surface area contributed by atoms with Gasteiger partial charge in [-0.15, -0.1) is 0 Å². The van der Waals surface area contributed by atoms with Crippen molar-refractivity contribution in [2.45, 2.75) is 19.8 Å². The van der Waals surface area contributed by atoms with E-state index in [0.717, 1.165) is 17.2 Å². The summed E-state index contributed by atoms with van der Waals surface area (Å²) in [4.78, 5) is 10.8. The number of benzene rings is 1. The van der Waals surface area contributed by atoms with Crippen molar-refractivity contribution in [3.8, 4) is 0 Å². The molecule has 0 spiro atoms. The summed E-state index contributed by atoms with van der Waals surface area (Å²) in [5.41, 5.74) is 2.25. The molecule has 0 fully saturated rings. The maximum absolute atomic E-state index is 4.39. The van der Waals surface area contributed by atoms with Gasteiger partial charge in [-0.1, -0.05) is 32.0 Å². The van der Waals surface area contributed by atoms with Gasteiger partial charge in [0, 0.05) is 25.1 Å². The summed E-state index contributed by atoms with van der Waals surface area (Å²) >= 11 is 0. The van der Waals surface area contributed by atoms with E-state index in [1.807, 2.05) is 54.7 Å². The van der Waals surface area contributed by atoms with Crippen molar-refractivity contribution in [1.29, 1.82) is 0 Å². The minimum Gasteiger partial charge on any atom is -0.314 e. The lowest BCUT2D eigenvalue weighted by molar-refractivity contribution is 0.842. The van der Waals surface area contributed by atoms with Crippen LogP contribution in [0.4, 0.5) is 11.6 Å². The van der Waals surface area contributed by atoms with Crippen LogP contribution in [0.5, 0.6) is 0 Å². The Morgan fingerprint density at radius 2 is 1.59 bits per heavy atom. The molecule has 1 aromatic carbocycles. The maximum Gasteiger partial charge on any atom is 0.229 e. The van der Waals surface area contributed by atoms with E-state index < -0.39 is 0 Å². The maximum atomic E-state index is 4.39. The zero-order valence-electron chi connectivity index (χ0n) is 10.5. The predicted octanol–water partition coefficient (Wildman–Crippen LogP) is 3.37. The summed E-state index contributed by atoms with van der Waals surface area (Å²) in [5.74, 6) is 1.19. The molecule has 0 bridgehead atoms. The highest BCUT2D eigenvalue weighted by atomic mass is 15.2. The molecule has 88 valence electrons. The smallest absolute Gasteiger partial charge is 0.229 e. The van der Waals surface area contributed by atoms with Gasteiger partial charge in [0.2, 0.25) is 5.95 Å². The van der Waals surface area contributed by atoms with Gasteiger partial charge in [-0.3, -0.25) is 0 Å². The van der Waals surface area contributed by atoms with Crippen LogP contribution in [-0.2, 0) is 0 Å². The summed E-state index contributed by atoms with van der Waals surface area (Å²) in [5, 5.41) is 0. The van der Waals surface area contributed by atoms with Crippen LogP contribution >= 0.6 is 0 Å². The molecule has 0 atom stereocenters. The standard InChI is InChI=1S/C14H17N3/c1-11(2)12-9-15-14(16-10-12)17(3)13-7-5-4-6-8-13/h4-11H,1-3H3. The van der Waals surface area contributed by atoms with E-state index in [0.29, 0.717) is 5.92 Å². The Labute approximate surface area is 102 Å². The number of nitrogens with zero attached hydrogens (tertiary/aromatic N) is 3. The first-order valence-electron chi connectivity index (χ1n) is 5.79. The van der Waals surface area contributed by atoms with E-state index in [2.05, 4.69) is 23.8 Å². The molecule has 0 aliphatic rings. The quantitative estimate of drug-likeness (QED) is 0.805. The molecule has 0 aliphatic carbocycles. The molecule has 1 aromatic heterocycles. The molecule has 1 heterocycles. The lowest BCUT2D eigenvalue weighted by Gasteiger charge is -2.17. The van der Waals surface area contributed by atoms with Gasteiger partial charge >= 0.3 is 0 Å². The minimum absolute atomic E-state index is 0.464. The van der Waals surface area contributed by atoms with E-state index in [9.17, 15) is 0 Å². The number of para-hydroxylation sites is 1. The monoisotopic (exact) mass is 227 g/mol. The van der Waals surface area contributed by atoms with Crippen molar-refractivity contribution >= 4 is 11.6 Å². The Hall–Kier alpha value is -1.90. The van der Waals surface area contributed by atoms with Gasteiger partial charge in [0.25, 0.3) is 0 Å². The van der Waals surface area contributed by atoms with Gasteiger partial charge in [0.05, 0.1) is 0 Å². The summed E-state index contributed by atoms with van der Waals surface area (Å²) in [6.07, 6.45) is 3.79. The van der Waals surface area contributed by atoms with Crippen LogP contribution in [0.3, 0.4) is 0 Å². The summed E-state index contributed by atoms with van der Waals surface area (Å²) < 4.78 is 0. The number of aromatic nitrogens is 2. The second kappa shape index (κ2) is 4.95. The molecule has 0 amide bonds. The van der Waals surface area contributed by atoms with E-state index in [-0.39, 0.29) is 0 Å². The molecule has 0 N–H and O–H groups in total. The molecule has 0 aliphatic heterocycles. The summed E-state index contributed by atoms with van der Waals surface area (Å²) in [6.45, 7) is 4.28. The summed E-state index contributed by atoms with van der Waals surface area (Å²) in [6, 6.07) is 10.1. The van der Waals surface area contributed by atoms with Gasteiger partial charge in [-0.05, 0) is 23.6 Å². The molecule has 0 radical (unpaired) electrons. The van der Waals surface area contributed by atoms with Crippen molar-refractivity contribution in [2.24, 2.45) is 0 Å². The zero-order chi connectivity index (χ0) is 12.3. The Morgan fingerprint density at radius 1 is 1.00 bits per heavy atom. The van der Waals surface area contributed by atoms with E-state index in [1.54, 1.807) is 0 Å². The first kappa shape index (κ1) is 11.6. The van der Waals surface area contributed by atoms with Crippen molar-refractivity contribution in [3.63, 3.8) is 0 Å². The van der Waals surface area contributed by atoms with Gasteiger partial charge in [0.15, 0.2) is 0 Å². The highest BCUT2D eigenvalue weighted by Gasteiger charge is 2.07. The van der Waals surface area contributed by atoms with Gasteiger partial charge in [0.1, 0.15) is 0 Å². The third-order valence-corrected chi connectivity index (χ3v) is 2.77. The van der Waals surface area contributed by atoms with Gasteiger partial charge in [-0.25, -0.2) is 9.97 Å². The Morgan fingerprint density at radius 3 is 2.12 bits per heavy atom. The predicted molar refractivity (Wildman–Crippen MR) is 70.6 cm³/mol. The van der Waals surface area contributed by atoms with Crippen LogP contribution in [0.25, 0.3) is 0 Å². The average molecular weight is 227 g/mol. The van der Waals surface area contributed by atoms with Crippen LogP contribution in [-0.4, -0.2) is 17.0 Å². The fraction of sp³-hybridized carbons (Fsp3) is 0.286. The normalized spacial score (nSPS) is 10.6. The molecule has 0 unspecified atom stereocenters. The molecular weight excluding hydrogens is 210 g/mol. The lowest BCUT2D eigenvalue weighted by atomic mass is 10.1. The van der Waals surface area contributed by atoms with Crippen LogP contribution in [0, 0.1) is 0 Å². The molecule has 2 aromatic rings. The number of anilines is 2. The largest absolute Gasteiger partial charge is 0.314 e. The third-order valence-electron chi connectivity index (χ3n) is 2.77. The Kier molecular flexibility index (Phi) is 3.38. The first-order valence-corrected chi connectivity index (χ1v) is 5.79. The fourth-order valence-electron chi connectivity index (χ4n) is 1.57. The molecule has 17 heavy (non-hydrogen) atoms. The Balaban J connectivity index is 2.23. The number of hydrogen-bond donors (Lipinski definition) is 0. The van der Waals surface area contributed by atoms with Crippen molar-refractivity contribution in [1.82, 2.24) is 9.97 Å². The highest BCUT2D eigenvalue weighted by molar-refractivity contribution is 5.55. The summed E-state index contributed by atoms with van der Waals surface area (Å²) in [7, 11) is 1.97. The molecule has 0 saturated carbocycles. The molecule has 3 nitrogen and oxygen atoms in total. The van der Waals surface area contributed by atoms with Crippen LogP contribution in [0.2, 0.25) is 0 Å². The van der Waals surface area contributed by atoms with E-state index in [4.69, 9.17) is 0 Å². The SMILES string of the molecule is CC(C)c1cnc(N(C)c2ccccc2)nc1. The lowest BCUT2D eigenvalue weighted by Crippen LogP contribution is -2.13. The molecule has 0 saturated heterocycles. The average Bonchev–Trinajstić information content (AvgIpc) is 2.39. The molecule has 2 rings (SSSR count).